The molecule has 1 N–H and O–H groups in total. The van der Waals surface area contributed by atoms with Crippen molar-refractivity contribution in [3.05, 3.63) is 63.2 Å². The SMILES string of the molecule is Cc1ccc(S(=O)(=O)NCc2ccccc2I)cc1. The summed E-state index contributed by atoms with van der Waals surface area (Å²) < 4.78 is 27.9. The number of hydrogen-bond donors (Lipinski definition) is 1. The summed E-state index contributed by atoms with van der Waals surface area (Å²) in [6.45, 7) is 2.23. The molecule has 0 unspecified atom stereocenters. The Morgan fingerprint density at radius 3 is 2.32 bits per heavy atom. The zero-order valence-corrected chi connectivity index (χ0v) is 13.4. The normalized spacial score (nSPS) is 11.5. The van der Waals surface area contributed by atoms with Crippen LogP contribution in [0.5, 0.6) is 0 Å². The molecule has 0 aromatic heterocycles. The van der Waals surface area contributed by atoms with Gasteiger partial charge in [-0.2, -0.15) is 0 Å². The van der Waals surface area contributed by atoms with Crippen LogP contribution in [-0.2, 0) is 16.6 Å². The van der Waals surface area contributed by atoms with Gasteiger partial charge in [-0.1, -0.05) is 35.9 Å². The summed E-state index contributed by atoms with van der Waals surface area (Å²) in [5.41, 5.74) is 2.01. The van der Waals surface area contributed by atoms with Gasteiger partial charge in [-0.25, -0.2) is 13.1 Å². The Balaban J connectivity index is 2.14. The molecule has 19 heavy (non-hydrogen) atoms. The van der Waals surface area contributed by atoms with Crippen LogP contribution in [0.2, 0.25) is 0 Å². The first-order chi connectivity index (χ1) is 8.99. The van der Waals surface area contributed by atoms with E-state index in [1.54, 1.807) is 24.3 Å². The Morgan fingerprint density at radius 2 is 1.68 bits per heavy atom. The number of hydrogen-bond acceptors (Lipinski definition) is 2. The minimum absolute atomic E-state index is 0.295. The van der Waals surface area contributed by atoms with Crippen molar-refractivity contribution in [2.24, 2.45) is 0 Å². The molecule has 0 amide bonds. The Labute approximate surface area is 127 Å². The average molecular weight is 387 g/mol. The molecule has 0 saturated heterocycles. The fourth-order valence-corrected chi connectivity index (χ4v) is 3.20. The molecule has 100 valence electrons. The molecular formula is C14H14INO2S. The van der Waals surface area contributed by atoms with Crippen LogP contribution < -0.4 is 4.72 Å². The van der Waals surface area contributed by atoms with E-state index in [4.69, 9.17) is 0 Å². The molecule has 0 bridgehead atoms. The van der Waals surface area contributed by atoms with Crippen LogP contribution in [-0.4, -0.2) is 8.42 Å². The Hall–Kier alpha value is -0.920. The lowest BCUT2D eigenvalue weighted by atomic mass is 10.2. The first-order valence-electron chi connectivity index (χ1n) is 5.79. The molecule has 2 aromatic carbocycles. The van der Waals surface area contributed by atoms with Crippen LogP contribution >= 0.6 is 22.6 Å². The second-order valence-electron chi connectivity index (χ2n) is 4.23. The average Bonchev–Trinajstić information content (AvgIpc) is 2.38. The van der Waals surface area contributed by atoms with Crippen molar-refractivity contribution in [2.75, 3.05) is 0 Å². The topological polar surface area (TPSA) is 46.2 Å². The van der Waals surface area contributed by atoms with Crippen molar-refractivity contribution in [3.63, 3.8) is 0 Å². The maximum atomic E-state index is 12.1. The summed E-state index contributed by atoms with van der Waals surface area (Å²) in [6.07, 6.45) is 0. The predicted octanol–water partition coefficient (Wildman–Crippen LogP) is 3.08. The Kier molecular flexibility index (Phi) is 4.59. The Morgan fingerprint density at radius 1 is 1.05 bits per heavy atom. The second-order valence-corrected chi connectivity index (χ2v) is 7.16. The van der Waals surface area contributed by atoms with Gasteiger partial charge in [-0.3, -0.25) is 0 Å². The molecule has 5 heteroatoms. The molecule has 0 atom stereocenters. The molecular weight excluding hydrogens is 373 g/mol. The number of nitrogens with one attached hydrogen (secondary N) is 1. The van der Waals surface area contributed by atoms with Crippen molar-refractivity contribution in [2.45, 2.75) is 18.4 Å². The highest BCUT2D eigenvalue weighted by atomic mass is 127. The summed E-state index contributed by atoms with van der Waals surface area (Å²) >= 11 is 2.20. The van der Waals surface area contributed by atoms with E-state index in [0.717, 1.165) is 14.7 Å². The first-order valence-corrected chi connectivity index (χ1v) is 8.35. The third-order valence-electron chi connectivity index (χ3n) is 2.74. The predicted molar refractivity (Wildman–Crippen MR) is 84.4 cm³/mol. The number of rotatable bonds is 4. The third kappa shape index (κ3) is 3.77. The molecule has 0 aliphatic carbocycles. The minimum atomic E-state index is -3.45. The van der Waals surface area contributed by atoms with Crippen LogP contribution in [0.4, 0.5) is 0 Å². The van der Waals surface area contributed by atoms with Crippen LogP contribution in [0.25, 0.3) is 0 Å². The number of aryl methyl sites for hydroxylation is 1. The maximum absolute atomic E-state index is 12.1. The Bertz CT molecular complexity index is 666. The van der Waals surface area contributed by atoms with E-state index in [9.17, 15) is 8.42 Å². The van der Waals surface area contributed by atoms with E-state index in [1.165, 1.54) is 0 Å². The summed E-state index contributed by atoms with van der Waals surface area (Å²) in [5.74, 6) is 0. The summed E-state index contributed by atoms with van der Waals surface area (Å²) in [6, 6.07) is 14.5. The fraction of sp³-hybridized carbons (Fsp3) is 0.143. The second kappa shape index (κ2) is 6.02. The smallest absolute Gasteiger partial charge is 0.207 e. The zero-order valence-electron chi connectivity index (χ0n) is 10.4. The van der Waals surface area contributed by atoms with E-state index in [2.05, 4.69) is 27.3 Å². The minimum Gasteiger partial charge on any atom is -0.207 e. The lowest BCUT2D eigenvalue weighted by Crippen LogP contribution is -2.23. The molecule has 0 fully saturated rings. The van der Waals surface area contributed by atoms with Gasteiger partial charge in [0.25, 0.3) is 0 Å². The van der Waals surface area contributed by atoms with E-state index in [-0.39, 0.29) is 0 Å². The molecule has 0 spiro atoms. The molecule has 2 aromatic rings. The van der Waals surface area contributed by atoms with Gasteiger partial charge >= 0.3 is 0 Å². The van der Waals surface area contributed by atoms with Gasteiger partial charge in [0, 0.05) is 10.1 Å². The molecule has 3 nitrogen and oxygen atoms in total. The van der Waals surface area contributed by atoms with Crippen molar-refractivity contribution in [1.82, 2.24) is 4.72 Å². The van der Waals surface area contributed by atoms with Gasteiger partial charge in [-0.15, -0.1) is 0 Å². The monoisotopic (exact) mass is 387 g/mol. The van der Waals surface area contributed by atoms with Gasteiger partial charge in [-0.05, 0) is 53.3 Å². The quantitative estimate of drug-likeness (QED) is 0.820. The van der Waals surface area contributed by atoms with Crippen LogP contribution in [0, 0.1) is 10.5 Å². The first kappa shape index (κ1) is 14.5. The lowest BCUT2D eigenvalue weighted by Gasteiger charge is -2.08. The maximum Gasteiger partial charge on any atom is 0.240 e. The van der Waals surface area contributed by atoms with Gasteiger partial charge in [0.15, 0.2) is 0 Å². The van der Waals surface area contributed by atoms with Crippen molar-refractivity contribution < 1.29 is 8.42 Å². The molecule has 0 radical (unpaired) electrons. The lowest BCUT2D eigenvalue weighted by molar-refractivity contribution is 0.581. The van der Waals surface area contributed by atoms with Crippen molar-refractivity contribution in [3.8, 4) is 0 Å². The highest BCUT2D eigenvalue weighted by Crippen LogP contribution is 2.14. The highest BCUT2D eigenvalue weighted by Gasteiger charge is 2.13. The highest BCUT2D eigenvalue weighted by molar-refractivity contribution is 14.1. The van der Waals surface area contributed by atoms with Crippen molar-refractivity contribution in [1.29, 1.82) is 0 Å². The molecule has 2 rings (SSSR count). The zero-order chi connectivity index (χ0) is 13.9. The van der Waals surface area contributed by atoms with E-state index < -0.39 is 10.0 Å². The molecule has 0 heterocycles. The van der Waals surface area contributed by atoms with Crippen LogP contribution in [0.3, 0.4) is 0 Å². The number of sulfonamides is 1. The number of benzene rings is 2. The van der Waals surface area contributed by atoms with Crippen LogP contribution in [0.1, 0.15) is 11.1 Å². The summed E-state index contributed by atoms with van der Waals surface area (Å²) in [4.78, 5) is 0.295. The summed E-state index contributed by atoms with van der Waals surface area (Å²) in [7, 11) is -3.45. The fourth-order valence-electron chi connectivity index (χ4n) is 1.62. The molecule has 0 aliphatic rings. The van der Waals surface area contributed by atoms with Gasteiger partial charge in [0.05, 0.1) is 4.90 Å². The van der Waals surface area contributed by atoms with Gasteiger partial charge in [0.1, 0.15) is 0 Å². The van der Waals surface area contributed by atoms with Crippen molar-refractivity contribution >= 4 is 32.6 Å². The standard InChI is InChI=1S/C14H14INO2S/c1-11-6-8-13(9-7-11)19(17,18)16-10-12-4-2-3-5-14(12)15/h2-9,16H,10H2,1H3. The van der Waals surface area contributed by atoms with E-state index in [1.807, 2.05) is 31.2 Å². The van der Waals surface area contributed by atoms with Gasteiger partial charge in [0.2, 0.25) is 10.0 Å². The molecule has 0 aliphatic heterocycles. The summed E-state index contributed by atoms with van der Waals surface area (Å²) in [5, 5.41) is 0. The van der Waals surface area contributed by atoms with E-state index in [0.29, 0.717) is 11.4 Å². The third-order valence-corrected chi connectivity index (χ3v) is 5.21. The molecule has 0 saturated carbocycles. The van der Waals surface area contributed by atoms with Crippen LogP contribution in [0.15, 0.2) is 53.4 Å². The van der Waals surface area contributed by atoms with E-state index >= 15 is 0 Å². The largest absolute Gasteiger partial charge is 0.240 e. The number of halogens is 1. The van der Waals surface area contributed by atoms with Gasteiger partial charge < -0.3 is 0 Å².